The fourth-order valence-electron chi connectivity index (χ4n) is 1.87. The van der Waals surface area contributed by atoms with Gasteiger partial charge in [0.05, 0.1) is 7.11 Å². The number of amides is 2. The molecule has 2 amide bonds. The first-order chi connectivity index (χ1) is 11.0. The molecule has 0 aromatic heterocycles. The first-order valence-electron chi connectivity index (χ1n) is 6.75. The molecular formula is C17H16N2O4. The van der Waals surface area contributed by atoms with Gasteiger partial charge in [-0.1, -0.05) is 6.07 Å². The van der Waals surface area contributed by atoms with E-state index in [1.54, 1.807) is 30.3 Å². The number of phenolic OH excluding ortho intramolecular Hbond substituents is 1. The van der Waals surface area contributed by atoms with Crippen LogP contribution in [0.15, 0.2) is 48.5 Å². The van der Waals surface area contributed by atoms with Crippen LogP contribution in [-0.2, 0) is 4.79 Å². The number of benzene rings is 2. The Bertz CT molecular complexity index is 752. The van der Waals surface area contributed by atoms with Crippen molar-refractivity contribution in [3.05, 3.63) is 59.7 Å². The molecule has 0 bridgehead atoms. The Labute approximate surface area is 133 Å². The van der Waals surface area contributed by atoms with Crippen LogP contribution < -0.4 is 15.8 Å². The largest absolute Gasteiger partial charge is 0.504 e. The minimum atomic E-state index is -0.524. The van der Waals surface area contributed by atoms with E-state index in [1.807, 2.05) is 0 Å². The summed E-state index contributed by atoms with van der Waals surface area (Å²) in [5, 5.41) is 12.2. The highest BCUT2D eigenvalue weighted by atomic mass is 16.5. The van der Waals surface area contributed by atoms with E-state index in [0.29, 0.717) is 22.6 Å². The molecule has 2 aromatic carbocycles. The number of methoxy groups -OCH3 is 1. The van der Waals surface area contributed by atoms with E-state index in [4.69, 9.17) is 10.5 Å². The highest BCUT2D eigenvalue weighted by Gasteiger charge is 2.03. The lowest BCUT2D eigenvalue weighted by Gasteiger charge is -2.04. The molecule has 118 valence electrons. The fraction of sp³-hybridized carbons (Fsp3) is 0.0588. The summed E-state index contributed by atoms with van der Waals surface area (Å²) in [6.45, 7) is 0. The second-order valence-electron chi connectivity index (χ2n) is 4.70. The first-order valence-corrected chi connectivity index (χ1v) is 6.75. The number of primary amides is 1. The lowest BCUT2D eigenvalue weighted by molar-refractivity contribution is -0.111. The van der Waals surface area contributed by atoms with E-state index in [2.05, 4.69) is 5.32 Å². The van der Waals surface area contributed by atoms with Crippen molar-refractivity contribution in [3.63, 3.8) is 0 Å². The zero-order valence-corrected chi connectivity index (χ0v) is 12.4. The number of hydrogen-bond acceptors (Lipinski definition) is 4. The maximum atomic E-state index is 11.9. The summed E-state index contributed by atoms with van der Waals surface area (Å²) in [7, 11) is 1.45. The van der Waals surface area contributed by atoms with Crippen molar-refractivity contribution in [2.45, 2.75) is 0 Å². The van der Waals surface area contributed by atoms with Crippen LogP contribution in [0.3, 0.4) is 0 Å². The third-order valence-electron chi connectivity index (χ3n) is 3.07. The van der Waals surface area contributed by atoms with Crippen molar-refractivity contribution in [1.29, 1.82) is 0 Å². The molecule has 0 heterocycles. The fourth-order valence-corrected chi connectivity index (χ4v) is 1.87. The molecule has 0 saturated carbocycles. The highest BCUT2D eigenvalue weighted by molar-refractivity contribution is 6.02. The standard InChI is InChI=1S/C17H16N2O4/c1-23-15-10-11(2-8-14(15)20)3-9-16(21)19-13-6-4-12(5-7-13)17(18)22/h2-10,20H,1H3,(H2,18,22)(H,19,21)/b9-3+. The molecule has 2 aromatic rings. The Kier molecular flexibility index (Phi) is 4.99. The number of anilines is 1. The second kappa shape index (κ2) is 7.13. The second-order valence-corrected chi connectivity index (χ2v) is 4.70. The van der Waals surface area contributed by atoms with E-state index in [9.17, 15) is 14.7 Å². The van der Waals surface area contributed by atoms with Gasteiger partial charge in [-0.15, -0.1) is 0 Å². The lowest BCUT2D eigenvalue weighted by Crippen LogP contribution is -2.11. The van der Waals surface area contributed by atoms with Gasteiger partial charge in [-0.3, -0.25) is 9.59 Å². The summed E-state index contributed by atoms with van der Waals surface area (Å²) in [6, 6.07) is 11.0. The maximum Gasteiger partial charge on any atom is 0.248 e. The predicted molar refractivity (Wildman–Crippen MR) is 87.3 cm³/mol. The molecule has 23 heavy (non-hydrogen) atoms. The molecule has 4 N–H and O–H groups in total. The molecule has 0 saturated heterocycles. The molecule has 0 aliphatic heterocycles. The number of nitrogens with two attached hydrogens (primary N) is 1. The van der Waals surface area contributed by atoms with Crippen LogP contribution in [0.1, 0.15) is 15.9 Å². The average Bonchev–Trinajstić information content (AvgIpc) is 2.54. The quantitative estimate of drug-likeness (QED) is 0.736. The minimum Gasteiger partial charge on any atom is -0.504 e. The Morgan fingerprint density at radius 1 is 1.17 bits per heavy atom. The molecule has 0 unspecified atom stereocenters. The zero-order valence-electron chi connectivity index (χ0n) is 12.4. The van der Waals surface area contributed by atoms with Gasteiger partial charge in [0, 0.05) is 17.3 Å². The molecule has 0 atom stereocenters. The topological polar surface area (TPSA) is 102 Å². The summed E-state index contributed by atoms with van der Waals surface area (Å²) in [4.78, 5) is 22.8. The number of aromatic hydroxyl groups is 1. The minimum absolute atomic E-state index is 0.0312. The van der Waals surface area contributed by atoms with E-state index < -0.39 is 5.91 Å². The summed E-state index contributed by atoms with van der Waals surface area (Å²) in [6.07, 6.45) is 2.95. The third-order valence-corrected chi connectivity index (χ3v) is 3.07. The molecular weight excluding hydrogens is 296 g/mol. The Morgan fingerprint density at radius 3 is 2.48 bits per heavy atom. The molecule has 0 aliphatic rings. The van der Waals surface area contributed by atoms with Gasteiger partial charge < -0.3 is 20.9 Å². The van der Waals surface area contributed by atoms with Gasteiger partial charge in [-0.25, -0.2) is 0 Å². The Balaban J connectivity index is 2.02. The molecule has 0 fully saturated rings. The predicted octanol–water partition coefficient (Wildman–Crippen LogP) is 2.15. The summed E-state index contributed by atoms with van der Waals surface area (Å²) in [5.41, 5.74) is 6.77. The van der Waals surface area contributed by atoms with Crippen molar-refractivity contribution < 1.29 is 19.4 Å². The third kappa shape index (κ3) is 4.34. The summed E-state index contributed by atoms with van der Waals surface area (Å²) >= 11 is 0. The van der Waals surface area contributed by atoms with Crippen molar-refractivity contribution in [1.82, 2.24) is 0 Å². The van der Waals surface area contributed by atoms with Gasteiger partial charge in [0.2, 0.25) is 11.8 Å². The van der Waals surface area contributed by atoms with Crippen LogP contribution in [0.5, 0.6) is 11.5 Å². The monoisotopic (exact) mass is 312 g/mol. The Morgan fingerprint density at radius 2 is 1.87 bits per heavy atom. The Hall–Kier alpha value is -3.28. The van der Waals surface area contributed by atoms with Crippen molar-refractivity contribution in [3.8, 4) is 11.5 Å². The van der Waals surface area contributed by atoms with E-state index in [1.165, 1.54) is 31.4 Å². The average molecular weight is 312 g/mol. The lowest BCUT2D eigenvalue weighted by atomic mass is 10.2. The van der Waals surface area contributed by atoms with Crippen LogP contribution in [0, 0.1) is 0 Å². The molecule has 0 aliphatic carbocycles. The normalized spacial score (nSPS) is 10.5. The number of carbonyl (C=O) groups is 2. The first kappa shape index (κ1) is 16.1. The van der Waals surface area contributed by atoms with Gasteiger partial charge in [0.25, 0.3) is 0 Å². The van der Waals surface area contributed by atoms with Crippen LogP contribution in [0.25, 0.3) is 6.08 Å². The molecule has 6 nitrogen and oxygen atoms in total. The molecule has 6 heteroatoms. The van der Waals surface area contributed by atoms with E-state index >= 15 is 0 Å². The number of hydrogen-bond donors (Lipinski definition) is 3. The van der Waals surface area contributed by atoms with Crippen LogP contribution in [0.2, 0.25) is 0 Å². The van der Waals surface area contributed by atoms with Crippen molar-refractivity contribution >= 4 is 23.6 Å². The number of rotatable bonds is 5. The molecule has 2 rings (SSSR count). The molecule has 0 spiro atoms. The zero-order chi connectivity index (χ0) is 16.8. The van der Waals surface area contributed by atoms with Crippen LogP contribution in [0.4, 0.5) is 5.69 Å². The SMILES string of the molecule is COc1cc(/C=C/C(=O)Nc2ccc(C(N)=O)cc2)ccc1O. The summed E-state index contributed by atoms with van der Waals surface area (Å²) < 4.78 is 5.00. The van der Waals surface area contributed by atoms with Gasteiger partial charge in [0.1, 0.15) is 0 Å². The van der Waals surface area contributed by atoms with Gasteiger partial charge in [-0.05, 0) is 48.0 Å². The summed E-state index contributed by atoms with van der Waals surface area (Å²) in [5.74, 6) is -0.494. The molecule has 0 radical (unpaired) electrons. The number of nitrogens with one attached hydrogen (secondary N) is 1. The van der Waals surface area contributed by atoms with Crippen LogP contribution in [-0.4, -0.2) is 24.0 Å². The van der Waals surface area contributed by atoms with Crippen molar-refractivity contribution in [2.24, 2.45) is 5.73 Å². The van der Waals surface area contributed by atoms with Gasteiger partial charge >= 0.3 is 0 Å². The number of ether oxygens (including phenoxy) is 1. The number of carbonyl (C=O) groups excluding carboxylic acids is 2. The maximum absolute atomic E-state index is 11.9. The van der Waals surface area contributed by atoms with Crippen molar-refractivity contribution in [2.75, 3.05) is 12.4 Å². The highest BCUT2D eigenvalue weighted by Crippen LogP contribution is 2.26. The van der Waals surface area contributed by atoms with Gasteiger partial charge in [0.15, 0.2) is 11.5 Å². The van der Waals surface area contributed by atoms with Gasteiger partial charge in [-0.2, -0.15) is 0 Å². The smallest absolute Gasteiger partial charge is 0.248 e. The number of phenols is 1. The van der Waals surface area contributed by atoms with Crippen LogP contribution >= 0.6 is 0 Å². The van der Waals surface area contributed by atoms with E-state index in [-0.39, 0.29) is 11.7 Å². The van der Waals surface area contributed by atoms with E-state index in [0.717, 1.165) is 0 Å².